The van der Waals surface area contributed by atoms with Gasteiger partial charge in [-0.1, -0.05) is 44.2 Å². The van der Waals surface area contributed by atoms with Gasteiger partial charge < -0.3 is 5.32 Å². The van der Waals surface area contributed by atoms with Gasteiger partial charge in [0.25, 0.3) is 0 Å². The van der Waals surface area contributed by atoms with Crippen LogP contribution in [0, 0.1) is 0 Å². The van der Waals surface area contributed by atoms with Gasteiger partial charge >= 0.3 is 0 Å². The fourth-order valence-corrected chi connectivity index (χ4v) is 2.14. The zero-order valence-electron chi connectivity index (χ0n) is 13.7. The van der Waals surface area contributed by atoms with E-state index in [4.69, 9.17) is 0 Å². The van der Waals surface area contributed by atoms with Crippen molar-refractivity contribution in [3.8, 4) is 0 Å². The van der Waals surface area contributed by atoms with E-state index >= 15 is 0 Å². The molecule has 1 aromatic rings. The minimum atomic E-state index is 0.146. The van der Waals surface area contributed by atoms with Crippen LogP contribution in [0.4, 0.5) is 0 Å². The van der Waals surface area contributed by atoms with Gasteiger partial charge in [-0.25, -0.2) is 0 Å². The monoisotopic (exact) mass is 274 g/mol. The van der Waals surface area contributed by atoms with Crippen LogP contribution in [0.3, 0.4) is 0 Å². The van der Waals surface area contributed by atoms with Crippen LogP contribution in [0.25, 0.3) is 0 Å². The minimum Gasteiger partial charge on any atom is -0.310 e. The molecule has 0 heterocycles. The van der Waals surface area contributed by atoms with Crippen molar-refractivity contribution in [2.45, 2.75) is 59.3 Å². The molecule has 1 N–H and O–H groups in total. The number of nitrogens with zero attached hydrogens (tertiary/aromatic N) is 1. The molecule has 0 amide bonds. The molecule has 2 nitrogen and oxygen atoms in total. The number of hydrogen-bond donors (Lipinski definition) is 1. The Morgan fingerprint density at radius 2 is 1.80 bits per heavy atom. The summed E-state index contributed by atoms with van der Waals surface area (Å²) in [5.74, 6) is 0. The maximum absolute atomic E-state index is 3.88. The van der Waals surface area contributed by atoms with Crippen LogP contribution < -0.4 is 5.32 Å². The summed E-state index contributed by atoms with van der Waals surface area (Å²) >= 11 is 0. The van der Waals surface area contributed by atoms with Crippen molar-refractivity contribution in [2.24, 2.45) is 0 Å². The first-order valence-electron chi connectivity index (χ1n) is 7.50. The Morgan fingerprint density at radius 3 is 2.30 bits per heavy atom. The third-order valence-corrected chi connectivity index (χ3v) is 3.48. The first-order valence-corrected chi connectivity index (χ1v) is 7.50. The van der Waals surface area contributed by atoms with E-state index in [1.807, 2.05) is 6.08 Å². The van der Waals surface area contributed by atoms with Crippen molar-refractivity contribution in [1.29, 1.82) is 0 Å². The lowest BCUT2D eigenvalue weighted by Crippen LogP contribution is -2.41. The van der Waals surface area contributed by atoms with Crippen molar-refractivity contribution in [2.75, 3.05) is 6.54 Å². The van der Waals surface area contributed by atoms with Crippen LogP contribution >= 0.6 is 0 Å². The van der Waals surface area contributed by atoms with E-state index in [9.17, 15) is 0 Å². The van der Waals surface area contributed by atoms with Gasteiger partial charge in [-0.15, -0.1) is 6.58 Å². The zero-order chi connectivity index (χ0) is 15.2. The smallest absolute Gasteiger partial charge is 0.0245 e. The highest BCUT2D eigenvalue weighted by Crippen LogP contribution is 2.19. The summed E-state index contributed by atoms with van der Waals surface area (Å²) in [5, 5.41) is 3.51. The van der Waals surface area contributed by atoms with E-state index in [2.05, 4.69) is 75.7 Å². The summed E-state index contributed by atoms with van der Waals surface area (Å²) in [6.07, 6.45) is 1.99. The van der Waals surface area contributed by atoms with Crippen LogP contribution in [0.2, 0.25) is 0 Å². The topological polar surface area (TPSA) is 15.3 Å². The second-order valence-corrected chi connectivity index (χ2v) is 6.64. The summed E-state index contributed by atoms with van der Waals surface area (Å²) < 4.78 is 0. The quantitative estimate of drug-likeness (QED) is 0.757. The lowest BCUT2D eigenvalue weighted by atomic mass is 10.0. The summed E-state index contributed by atoms with van der Waals surface area (Å²) in [5.41, 5.74) is 2.93. The molecule has 0 aliphatic heterocycles. The van der Waals surface area contributed by atoms with E-state index in [0.29, 0.717) is 6.04 Å². The number of nitrogens with one attached hydrogen (secondary N) is 1. The van der Waals surface area contributed by atoms with Gasteiger partial charge in [-0.2, -0.15) is 0 Å². The fraction of sp³-hybridized carbons (Fsp3) is 0.556. The van der Waals surface area contributed by atoms with Crippen LogP contribution in [-0.4, -0.2) is 23.0 Å². The Morgan fingerprint density at radius 1 is 1.20 bits per heavy atom. The molecule has 0 atom stereocenters. The molecular formula is C18H30N2. The van der Waals surface area contributed by atoms with Gasteiger partial charge in [0.1, 0.15) is 0 Å². The first-order chi connectivity index (χ1) is 9.34. The van der Waals surface area contributed by atoms with Crippen molar-refractivity contribution < 1.29 is 0 Å². The molecule has 0 unspecified atom stereocenters. The normalized spacial score (nSPS) is 12.2. The third kappa shape index (κ3) is 5.48. The fourth-order valence-electron chi connectivity index (χ4n) is 2.14. The Balaban J connectivity index is 2.86. The molecule has 0 aromatic heterocycles. The van der Waals surface area contributed by atoms with E-state index in [1.165, 1.54) is 11.1 Å². The molecule has 0 saturated carbocycles. The molecule has 112 valence electrons. The second kappa shape index (κ2) is 7.61. The van der Waals surface area contributed by atoms with Gasteiger partial charge in [-0.3, -0.25) is 4.90 Å². The number of rotatable bonds is 7. The van der Waals surface area contributed by atoms with Crippen molar-refractivity contribution in [3.05, 3.63) is 48.0 Å². The molecule has 2 heteroatoms. The maximum Gasteiger partial charge on any atom is 0.0245 e. The van der Waals surface area contributed by atoms with Gasteiger partial charge in [0.2, 0.25) is 0 Å². The van der Waals surface area contributed by atoms with Gasteiger partial charge in [-0.05, 0) is 31.9 Å². The molecule has 0 bridgehead atoms. The predicted octanol–water partition coefficient (Wildman–Crippen LogP) is 3.97. The standard InChI is InChI=1S/C18H30N2/c1-7-12-20(18(4,5)6)14-17-11-9-8-10-16(17)13-19-15(2)3/h7-11,15,19H,1,12-14H2,2-6H3. The molecular weight excluding hydrogens is 244 g/mol. The van der Waals surface area contributed by atoms with Gasteiger partial charge in [0, 0.05) is 31.2 Å². The molecule has 0 radical (unpaired) electrons. The lowest BCUT2D eigenvalue weighted by Gasteiger charge is -2.35. The summed E-state index contributed by atoms with van der Waals surface area (Å²) in [7, 11) is 0. The van der Waals surface area contributed by atoms with E-state index in [0.717, 1.165) is 19.6 Å². The molecule has 0 aliphatic rings. The molecule has 20 heavy (non-hydrogen) atoms. The van der Waals surface area contributed by atoms with Crippen molar-refractivity contribution in [3.63, 3.8) is 0 Å². The molecule has 1 aromatic carbocycles. The van der Waals surface area contributed by atoms with E-state index < -0.39 is 0 Å². The SMILES string of the molecule is C=CCN(Cc1ccccc1CNC(C)C)C(C)(C)C. The molecule has 0 aliphatic carbocycles. The van der Waals surface area contributed by atoms with E-state index in [1.54, 1.807) is 0 Å². The van der Waals surface area contributed by atoms with Crippen molar-refractivity contribution in [1.82, 2.24) is 10.2 Å². The minimum absolute atomic E-state index is 0.146. The van der Waals surface area contributed by atoms with Crippen LogP contribution in [0.15, 0.2) is 36.9 Å². The molecule has 0 saturated heterocycles. The summed E-state index contributed by atoms with van der Waals surface area (Å²) in [4.78, 5) is 2.45. The molecule has 1 rings (SSSR count). The first kappa shape index (κ1) is 16.9. The van der Waals surface area contributed by atoms with Crippen LogP contribution in [0.5, 0.6) is 0 Å². The lowest BCUT2D eigenvalue weighted by molar-refractivity contribution is 0.145. The molecule has 0 fully saturated rings. The predicted molar refractivity (Wildman–Crippen MR) is 88.8 cm³/mol. The second-order valence-electron chi connectivity index (χ2n) is 6.64. The van der Waals surface area contributed by atoms with Crippen molar-refractivity contribution >= 4 is 0 Å². The average Bonchev–Trinajstić information content (AvgIpc) is 2.36. The Kier molecular flexibility index (Phi) is 6.44. The Hall–Kier alpha value is -1.12. The van der Waals surface area contributed by atoms with E-state index in [-0.39, 0.29) is 5.54 Å². The Labute approximate surface area is 124 Å². The highest BCUT2D eigenvalue weighted by Gasteiger charge is 2.20. The van der Waals surface area contributed by atoms with Crippen LogP contribution in [0.1, 0.15) is 45.7 Å². The average molecular weight is 274 g/mol. The van der Waals surface area contributed by atoms with Gasteiger partial charge in [0.05, 0.1) is 0 Å². The number of hydrogen-bond acceptors (Lipinski definition) is 2. The van der Waals surface area contributed by atoms with Gasteiger partial charge in [0.15, 0.2) is 0 Å². The highest BCUT2D eigenvalue weighted by molar-refractivity contribution is 5.27. The summed E-state index contributed by atoms with van der Waals surface area (Å²) in [6.45, 7) is 17.8. The zero-order valence-corrected chi connectivity index (χ0v) is 13.7. The third-order valence-electron chi connectivity index (χ3n) is 3.48. The Bertz CT molecular complexity index is 416. The highest BCUT2D eigenvalue weighted by atomic mass is 15.2. The largest absolute Gasteiger partial charge is 0.310 e. The maximum atomic E-state index is 3.88. The number of benzene rings is 1. The molecule has 0 spiro atoms. The summed E-state index contributed by atoms with van der Waals surface area (Å²) in [6, 6.07) is 9.21. The van der Waals surface area contributed by atoms with Crippen LogP contribution in [-0.2, 0) is 13.1 Å².